The first-order valence-corrected chi connectivity index (χ1v) is 8.20. The third-order valence-electron chi connectivity index (χ3n) is 3.18. The van der Waals surface area contributed by atoms with Gasteiger partial charge in [-0.3, -0.25) is 14.4 Å². The third-order valence-corrected chi connectivity index (χ3v) is 3.18. The van der Waals surface area contributed by atoms with E-state index < -0.39 is 17.9 Å². The van der Waals surface area contributed by atoms with E-state index in [4.69, 9.17) is 4.74 Å². The number of methoxy groups -OCH3 is 1. The van der Waals surface area contributed by atoms with Gasteiger partial charge in [0.15, 0.2) is 0 Å². The minimum absolute atomic E-state index is 0.206. The fourth-order valence-corrected chi connectivity index (χ4v) is 1.72. The van der Waals surface area contributed by atoms with Crippen LogP contribution in [0.1, 0.15) is 52.4 Å². The van der Waals surface area contributed by atoms with Gasteiger partial charge in [0.2, 0.25) is 11.8 Å². The summed E-state index contributed by atoms with van der Waals surface area (Å²) in [5.41, 5.74) is 0. The van der Waals surface area contributed by atoms with Crippen LogP contribution in [0.2, 0.25) is 0 Å². The van der Waals surface area contributed by atoms with E-state index in [-0.39, 0.29) is 31.3 Å². The Hall–Kier alpha value is -2.12. The molecule has 0 fully saturated rings. The highest BCUT2D eigenvalue weighted by atomic mass is 16.5. The summed E-state index contributed by atoms with van der Waals surface area (Å²) in [6.07, 6.45) is 3.26. The fourth-order valence-electron chi connectivity index (χ4n) is 1.72. The predicted octanol–water partition coefficient (Wildman–Crippen LogP) is 0.684. The molecule has 0 rings (SSSR count). The van der Waals surface area contributed by atoms with Crippen LogP contribution in [0.15, 0.2) is 0 Å². The summed E-state index contributed by atoms with van der Waals surface area (Å²) in [6, 6.07) is -0.758. The van der Waals surface area contributed by atoms with Crippen LogP contribution in [-0.2, 0) is 28.7 Å². The van der Waals surface area contributed by atoms with E-state index in [1.807, 2.05) is 6.92 Å². The summed E-state index contributed by atoms with van der Waals surface area (Å²) in [6.45, 7) is 3.64. The maximum Gasteiger partial charge on any atom is 0.328 e. The normalized spacial score (nSPS) is 11.3. The molecule has 24 heavy (non-hydrogen) atoms. The summed E-state index contributed by atoms with van der Waals surface area (Å²) in [5.74, 6) is -1.55. The molecule has 2 N–H and O–H groups in total. The van der Waals surface area contributed by atoms with E-state index in [0.717, 1.165) is 12.8 Å². The Morgan fingerprint density at radius 1 is 1.00 bits per heavy atom. The number of rotatable bonds is 12. The van der Waals surface area contributed by atoms with Crippen LogP contribution in [0.4, 0.5) is 0 Å². The molecule has 0 bridgehead atoms. The average Bonchev–Trinajstić information content (AvgIpc) is 2.56. The van der Waals surface area contributed by atoms with Gasteiger partial charge in [-0.1, -0.05) is 13.3 Å². The molecule has 0 saturated carbocycles. The van der Waals surface area contributed by atoms with Crippen molar-refractivity contribution in [2.75, 3.05) is 20.3 Å². The van der Waals surface area contributed by atoms with Gasteiger partial charge in [-0.25, -0.2) is 4.79 Å². The molecule has 0 aromatic rings. The van der Waals surface area contributed by atoms with Crippen LogP contribution in [-0.4, -0.2) is 50.1 Å². The highest BCUT2D eigenvalue weighted by Crippen LogP contribution is 2.00. The number of hydrogen-bond donors (Lipinski definition) is 2. The van der Waals surface area contributed by atoms with E-state index in [2.05, 4.69) is 15.4 Å². The topological polar surface area (TPSA) is 111 Å². The van der Waals surface area contributed by atoms with Gasteiger partial charge in [0.05, 0.1) is 20.3 Å². The van der Waals surface area contributed by atoms with Crippen molar-refractivity contribution >= 4 is 23.8 Å². The number of unbranched alkanes of at least 4 members (excludes halogenated alkanes) is 2. The minimum Gasteiger partial charge on any atom is -0.469 e. The number of esters is 2. The minimum atomic E-state index is -0.758. The van der Waals surface area contributed by atoms with E-state index in [1.165, 1.54) is 14.0 Å². The number of nitrogens with one attached hydrogen (secondary N) is 2. The van der Waals surface area contributed by atoms with Crippen LogP contribution in [0.5, 0.6) is 0 Å². The van der Waals surface area contributed by atoms with Gasteiger partial charge in [0.25, 0.3) is 0 Å². The summed E-state index contributed by atoms with van der Waals surface area (Å²) in [4.78, 5) is 45.7. The number of carbonyl (C=O) groups is 4. The lowest BCUT2D eigenvalue weighted by Crippen LogP contribution is -2.44. The molecule has 0 aliphatic carbocycles. The van der Waals surface area contributed by atoms with Crippen molar-refractivity contribution in [1.82, 2.24) is 10.6 Å². The third kappa shape index (κ3) is 11.4. The molecular formula is C16H28N2O6. The van der Waals surface area contributed by atoms with Crippen molar-refractivity contribution in [3.05, 3.63) is 0 Å². The maximum atomic E-state index is 11.7. The number of hydrogen-bond acceptors (Lipinski definition) is 6. The zero-order chi connectivity index (χ0) is 18.4. The Balaban J connectivity index is 3.81. The number of carbonyl (C=O) groups excluding carboxylic acids is 4. The second kappa shape index (κ2) is 13.3. The Labute approximate surface area is 142 Å². The molecule has 0 aromatic heterocycles. The predicted molar refractivity (Wildman–Crippen MR) is 87.0 cm³/mol. The molecule has 1 atom stereocenters. The Bertz CT molecular complexity index is 425. The second-order valence-electron chi connectivity index (χ2n) is 5.37. The highest BCUT2D eigenvalue weighted by molar-refractivity contribution is 5.88. The van der Waals surface area contributed by atoms with Crippen LogP contribution < -0.4 is 10.6 Å². The molecule has 0 aliphatic rings. The lowest BCUT2D eigenvalue weighted by atomic mass is 10.2. The van der Waals surface area contributed by atoms with Gasteiger partial charge in [-0.15, -0.1) is 0 Å². The van der Waals surface area contributed by atoms with Crippen LogP contribution in [0.3, 0.4) is 0 Å². The van der Waals surface area contributed by atoms with Crippen molar-refractivity contribution in [1.29, 1.82) is 0 Å². The summed E-state index contributed by atoms with van der Waals surface area (Å²) >= 11 is 0. The summed E-state index contributed by atoms with van der Waals surface area (Å²) in [7, 11) is 1.31. The van der Waals surface area contributed by atoms with Crippen molar-refractivity contribution in [3.8, 4) is 0 Å². The quantitative estimate of drug-likeness (QED) is 0.398. The first kappa shape index (κ1) is 21.9. The molecule has 138 valence electrons. The Morgan fingerprint density at radius 2 is 1.67 bits per heavy atom. The molecule has 0 radical (unpaired) electrons. The summed E-state index contributed by atoms with van der Waals surface area (Å²) < 4.78 is 9.48. The lowest BCUT2D eigenvalue weighted by Gasteiger charge is -2.13. The van der Waals surface area contributed by atoms with Gasteiger partial charge in [0, 0.05) is 12.8 Å². The first-order chi connectivity index (χ1) is 11.4. The Morgan fingerprint density at radius 3 is 2.29 bits per heavy atom. The second-order valence-corrected chi connectivity index (χ2v) is 5.37. The first-order valence-electron chi connectivity index (χ1n) is 8.20. The highest BCUT2D eigenvalue weighted by Gasteiger charge is 2.17. The zero-order valence-corrected chi connectivity index (χ0v) is 14.7. The molecule has 8 nitrogen and oxygen atoms in total. The summed E-state index contributed by atoms with van der Waals surface area (Å²) in [5, 5.41) is 4.92. The SMILES string of the molecule is CCCCOC(=O)C(C)NC(=O)CNC(=O)CCCCC(=O)OC. The smallest absolute Gasteiger partial charge is 0.328 e. The van der Waals surface area contributed by atoms with E-state index in [9.17, 15) is 19.2 Å². The van der Waals surface area contributed by atoms with Crippen LogP contribution in [0.25, 0.3) is 0 Å². The molecule has 0 saturated heterocycles. The molecule has 0 spiro atoms. The average molecular weight is 344 g/mol. The molecule has 0 heterocycles. The standard InChI is InChI=1S/C16H28N2O6/c1-4-5-10-24-16(22)12(2)18-14(20)11-17-13(19)8-6-7-9-15(21)23-3/h12H,4-11H2,1-3H3,(H,17,19)(H,18,20). The van der Waals surface area contributed by atoms with Gasteiger partial charge in [-0.05, 0) is 26.2 Å². The van der Waals surface area contributed by atoms with Crippen LogP contribution >= 0.6 is 0 Å². The largest absolute Gasteiger partial charge is 0.469 e. The van der Waals surface area contributed by atoms with Gasteiger partial charge < -0.3 is 20.1 Å². The van der Waals surface area contributed by atoms with Crippen LogP contribution in [0, 0.1) is 0 Å². The van der Waals surface area contributed by atoms with Crippen molar-refractivity contribution in [2.24, 2.45) is 0 Å². The van der Waals surface area contributed by atoms with E-state index in [1.54, 1.807) is 0 Å². The number of ether oxygens (including phenoxy) is 2. The van der Waals surface area contributed by atoms with E-state index in [0.29, 0.717) is 19.4 Å². The van der Waals surface area contributed by atoms with E-state index >= 15 is 0 Å². The monoisotopic (exact) mass is 344 g/mol. The Kier molecular flexibility index (Phi) is 12.2. The maximum absolute atomic E-state index is 11.7. The number of amides is 2. The van der Waals surface area contributed by atoms with Gasteiger partial charge in [-0.2, -0.15) is 0 Å². The molecule has 1 unspecified atom stereocenters. The molecule has 2 amide bonds. The molecule has 8 heteroatoms. The van der Waals surface area contributed by atoms with Crippen molar-refractivity contribution < 1.29 is 28.7 Å². The molecular weight excluding hydrogens is 316 g/mol. The van der Waals surface area contributed by atoms with Gasteiger partial charge in [0.1, 0.15) is 6.04 Å². The molecule has 0 aromatic carbocycles. The lowest BCUT2D eigenvalue weighted by molar-refractivity contribution is -0.147. The molecule has 0 aliphatic heterocycles. The van der Waals surface area contributed by atoms with Gasteiger partial charge >= 0.3 is 11.9 Å². The zero-order valence-electron chi connectivity index (χ0n) is 14.7. The van der Waals surface area contributed by atoms with Crippen molar-refractivity contribution in [2.45, 2.75) is 58.4 Å². The van der Waals surface area contributed by atoms with Crippen molar-refractivity contribution in [3.63, 3.8) is 0 Å². The fraction of sp³-hybridized carbons (Fsp3) is 0.750.